The van der Waals surface area contributed by atoms with Crippen LogP contribution in [0, 0.1) is 5.41 Å². The molecular weight excluding hydrogens is 316 g/mol. The van der Waals surface area contributed by atoms with Gasteiger partial charge in [-0.15, -0.1) is 0 Å². The van der Waals surface area contributed by atoms with Crippen LogP contribution in [0.4, 0.5) is 0 Å². The Balaban J connectivity index is 1.52. The van der Waals surface area contributed by atoms with Crippen molar-refractivity contribution >= 4 is 23.4 Å². The van der Waals surface area contributed by atoms with Gasteiger partial charge in [-0.25, -0.2) is 0 Å². The number of carbonyl (C=O) groups is 2. The van der Waals surface area contributed by atoms with Crippen molar-refractivity contribution in [2.45, 2.75) is 19.3 Å². The van der Waals surface area contributed by atoms with E-state index in [1.165, 1.54) is 0 Å². The number of nitrogens with one attached hydrogen (secondary N) is 1. The molecule has 3 rings (SSSR count). The fourth-order valence-electron chi connectivity index (χ4n) is 3.32. The first-order chi connectivity index (χ1) is 11.1. The van der Waals surface area contributed by atoms with Crippen LogP contribution < -0.4 is 5.32 Å². The average molecular weight is 337 g/mol. The Labute approximate surface area is 140 Å². The number of halogens is 1. The summed E-state index contributed by atoms with van der Waals surface area (Å²) in [5.41, 5.74) is 0.584. The van der Waals surface area contributed by atoms with Crippen molar-refractivity contribution in [2.24, 2.45) is 5.41 Å². The smallest absolute Gasteiger partial charge is 0.252 e. The van der Waals surface area contributed by atoms with Crippen molar-refractivity contribution in [3.63, 3.8) is 0 Å². The Bertz CT molecular complexity index is 599. The number of likely N-dealkylation sites (tertiary alicyclic amines) is 1. The Morgan fingerprint density at radius 2 is 2.17 bits per heavy atom. The van der Waals surface area contributed by atoms with Gasteiger partial charge >= 0.3 is 0 Å². The van der Waals surface area contributed by atoms with E-state index in [4.69, 9.17) is 16.3 Å². The van der Waals surface area contributed by atoms with Gasteiger partial charge in [0.15, 0.2) is 0 Å². The second-order valence-corrected chi connectivity index (χ2v) is 6.76. The number of piperidine rings is 1. The third-order valence-corrected chi connectivity index (χ3v) is 5.05. The van der Waals surface area contributed by atoms with Gasteiger partial charge in [-0.3, -0.25) is 9.59 Å². The Kier molecular flexibility index (Phi) is 4.87. The standard InChI is InChI=1S/C17H21ClN2O3/c18-14-4-2-1-3-13(14)16(22)19-8-9-20-11-17(6-5-15(20)21)7-10-23-12-17/h1-4H,5-12H2,(H,19,22). The zero-order chi connectivity index (χ0) is 16.3. The molecule has 23 heavy (non-hydrogen) atoms. The molecule has 6 heteroatoms. The molecule has 0 bridgehead atoms. The van der Waals surface area contributed by atoms with E-state index in [9.17, 15) is 9.59 Å². The van der Waals surface area contributed by atoms with Crippen LogP contribution in [-0.2, 0) is 9.53 Å². The molecule has 1 aromatic rings. The normalized spacial score (nSPS) is 24.2. The number of rotatable bonds is 4. The maximum absolute atomic E-state index is 12.1. The van der Waals surface area contributed by atoms with Gasteiger partial charge in [0, 0.05) is 38.1 Å². The molecular formula is C17H21ClN2O3. The van der Waals surface area contributed by atoms with E-state index < -0.39 is 0 Å². The van der Waals surface area contributed by atoms with Crippen LogP contribution in [0.5, 0.6) is 0 Å². The van der Waals surface area contributed by atoms with E-state index in [1.807, 2.05) is 4.90 Å². The third kappa shape index (κ3) is 3.67. The highest BCUT2D eigenvalue weighted by Crippen LogP contribution is 2.37. The summed E-state index contributed by atoms with van der Waals surface area (Å²) in [6.45, 7) is 3.20. The van der Waals surface area contributed by atoms with Gasteiger partial charge in [0.2, 0.25) is 5.91 Å². The monoisotopic (exact) mass is 336 g/mol. The lowest BCUT2D eigenvalue weighted by Gasteiger charge is -2.39. The van der Waals surface area contributed by atoms with E-state index in [-0.39, 0.29) is 17.2 Å². The van der Waals surface area contributed by atoms with Crippen LogP contribution in [0.25, 0.3) is 0 Å². The molecule has 124 valence electrons. The second kappa shape index (κ2) is 6.89. The number of carbonyl (C=O) groups excluding carboxylic acids is 2. The first-order valence-electron chi connectivity index (χ1n) is 7.98. The van der Waals surface area contributed by atoms with Crippen LogP contribution in [0.2, 0.25) is 5.02 Å². The van der Waals surface area contributed by atoms with Crippen LogP contribution in [0.3, 0.4) is 0 Å². The molecule has 0 aliphatic carbocycles. The molecule has 1 N–H and O–H groups in total. The first kappa shape index (κ1) is 16.3. The summed E-state index contributed by atoms with van der Waals surface area (Å²) < 4.78 is 5.51. The van der Waals surface area contributed by atoms with E-state index in [0.29, 0.717) is 30.1 Å². The van der Waals surface area contributed by atoms with Crippen molar-refractivity contribution in [3.8, 4) is 0 Å². The van der Waals surface area contributed by atoms with Gasteiger partial charge in [-0.2, -0.15) is 0 Å². The molecule has 0 saturated carbocycles. The summed E-state index contributed by atoms with van der Waals surface area (Å²) in [5.74, 6) is -0.0477. The number of hydrogen-bond donors (Lipinski definition) is 1. The van der Waals surface area contributed by atoms with Crippen LogP contribution in [-0.4, -0.2) is 49.6 Å². The van der Waals surface area contributed by atoms with E-state index >= 15 is 0 Å². The van der Waals surface area contributed by atoms with Gasteiger partial charge in [0.25, 0.3) is 5.91 Å². The van der Waals surface area contributed by atoms with Crippen molar-refractivity contribution in [1.29, 1.82) is 0 Å². The zero-order valence-electron chi connectivity index (χ0n) is 13.0. The first-order valence-corrected chi connectivity index (χ1v) is 8.36. The number of hydrogen-bond acceptors (Lipinski definition) is 3. The number of ether oxygens (including phenoxy) is 1. The number of benzene rings is 1. The minimum atomic E-state index is -0.209. The van der Waals surface area contributed by atoms with Gasteiger partial charge < -0.3 is 15.0 Å². The van der Waals surface area contributed by atoms with Crippen molar-refractivity contribution < 1.29 is 14.3 Å². The maximum atomic E-state index is 12.1. The van der Waals surface area contributed by atoms with Crippen molar-refractivity contribution in [1.82, 2.24) is 10.2 Å². The molecule has 1 atom stereocenters. The largest absolute Gasteiger partial charge is 0.381 e. The molecule has 5 nitrogen and oxygen atoms in total. The third-order valence-electron chi connectivity index (χ3n) is 4.72. The predicted molar refractivity (Wildman–Crippen MR) is 87.5 cm³/mol. The number of amides is 2. The summed E-state index contributed by atoms with van der Waals surface area (Å²) in [6, 6.07) is 6.94. The zero-order valence-corrected chi connectivity index (χ0v) is 13.8. The van der Waals surface area contributed by atoms with Crippen molar-refractivity contribution in [2.75, 3.05) is 32.8 Å². The lowest BCUT2D eigenvalue weighted by Crippen LogP contribution is -2.49. The van der Waals surface area contributed by atoms with Crippen LogP contribution in [0.1, 0.15) is 29.6 Å². The summed E-state index contributed by atoms with van der Waals surface area (Å²) in [7, 11) is 0. The Morgan fingerprint density at radius 3 is 2.91 bits per heavy atom. The summed E-state index contributed by atoms with van der Waals surface area (Å²) in [5, 5.41) is 3.27. The molecule has 1 spiro atoms. The minimum absolute atomic E-state index is 0.126. The van der Waals surface area contributed by atoms with Gasteiger partial charge in [-0.05, 0) is 25.0 Å². The quantitative estimate of drug-likeness (QED) is 0.916. The molecule has 1 unspecified atom stereocenters. The highest BCUT2D eigenvalue weighted by molar-refractivity contribution is 6.33. The van der Waals surface area contributed by atoms with Crippen LogP contribution >= 0.6 is 11.6 Å². The fourth-order valence-corrected chi connectivity index (χ4v) is 3.54. The molecule has 2 heterocycles. The van der Waals surface area contributed by atoms with Gasteiger partial charge in [0.05, 0.1) is 17.2 Å². The minimum Gasteiger partial charge on any atom is -0.381 e. The molecule has 2 saturated heterocycles. The van der Waals surface area contributed by atoms with E-state index in [2.05, 4.69) is 5.32 Å². The molecule has 2 fully saturated rings. The molecule has 1 aromatic carbocycles. The Morgan fingerprint density at radius 1 is 1.35 bits per heavy atom. The van der Waals surface area contributed by atoms with E-state index in [1.54, 1.807) is 24.3 Å². The molecule has 0 aromatic heterocycles. The molecule has 2 aliphatic heterocycles. The average Bonchev–Trinajstić information content (AvgIpc) is 2.99. The summed E-state index contributed by atoms with van der Waals surface area (Å²) in [6.07, 6.45) is 2.50. The highest BCUT2D eigenvalue weighted by Gasteiger charge is 2.41. The summed E-state index contributed by atoms with van der Waals surface area (Å²) >= 11 is 6.01. The maximum Gasteiger partial charge on any atom is 0.252 e. The Hall–Kier alpha value is -1.59. The topological polar surface area (TPSA) is 58.6 Å². The second-order valence-electron chi connectivity index (χ2n) is 6.35. The molecule has 2 aliphatic rings. The predicted octanol–water partition coefficient (Wildman–Crippen LogP) is 2.10. The van der Waals surface area contributed by atoms with Gasteiger partial charge in [0.1, 0.15) is 0 Å². The van der Waals surface area contributed by atoms with Crippen LogP contribution in [0.15, 0.2) is 24.3 Å². The molecule has 0 radical (unpaired) electrons. The lowest BCUT2D eigenvalue weighted by molar-refractivity contribution is -0.137. The molecule has 2 amide bonds. The summed E-state index contributed by atoms with van der Waals surface area (Å²) in [4.78, 5) is 26.1. The number of nitrogens with zero attached hydrogens (tertiary/aromatic N) is 1. The van der Waals surface area contributed by atoms with Gasteiger partial charge in [-0.1, -0.05) is 23.7 Å². The fraction of sp³-hybridized carbons (Fsp3) is 0.529. The SMILES string of the molecule is O=C(NCCN1CC2(CCOC2)CCC1=O)c1ccccc1Cl. The van der Waals surface area contributed by atoms with Crippen molar-refractivity contribution in [3.05, 3.63) is 34.9 Å². The lowest BCUT2D eigenvalue weighted by atomic mass is 9.79. The highest BCUT2D eigenvalue weighted by atomic mass is 35.5. The van der Waals surface area contributed by atoms with E-state index in [0.717, 1.165) is 32.6 Å².